The van der Waals surface area contributed by atoms with E-state index in [1.165, 1.54) is 11.0 Å². The summed E-state index contributed by atoms with van der Waals surface area (Å²) in [5.74, 6) is -1.03. The van der Waals surface area contributed by atoms with E-state index in [2.05, 4.69) is 0 Å². The fraction of sp³-hybridized carbons (Fsp3) is 0.364. The third-order valence-electron chi connectivity index (χ3n) is 5.36. The highest BCUT2D eigenvalue weighted by Gasteiger charge is 2.31. The Balaban J connectivity index is 1.55. The Morgan fingerprint density at radius 1 is 1.10 bits per heavy atom. The first-order chi connectivity index (χ1) is 14.4. The molecule has 1 heterocycles. The lowest BCUT2D eigenvalue weighted by molar-refractivity contribution is -0.384. The Morgan fingerprint density at radius 3 is 2.33 bits per heavy atom. The maximum absolute atomic E-state index is 12.6. The van der Waals surface area contributed by atoms with Gasteiger partial charge in [0.25, 0.3) is 11.6 Å². The fourth-order valence-electron chi connectivity index (χ4n) is 3.61. The average molecular weight is 411 g/mol. The van der Waals surface area contributed by atoms with Crippen LogP contribution in [0.5, 0.6) is 0 Å². The standard InChI is InChI=1S/C22H25N3O5/c1-16(21(26)23(2)18-8-4-3-5-9-18)30-22(27)17-12-14-24(15-13-17)19-10-6-7-11-20(19)25(28)29/h3-11,16-17H,12-15H2,1-2H3. The minimum Gasteiger partial charge on any atom is -0.452 e. The fourth-order valence-corrected chi connectivity index (χ4v) is 3.61. The molecule has 1 unspecified atom stereocenters. The van der Waals surface area contributed by atoms with Crippen molar-refractivity contribution in [2.24, 2.45) is 5.92 Å². The van der Waals surface area contributed by atoms with Crippen molar-refractivity contribution in [1.29, 1.82) is 0 Å². The Morgan fingerprint density at radius 2 is 1.70 bits per heavy atom. The molecule has 1 saturated heterocycles. The second kappa shape index (κ2) is 9.39. The third-order valence-corrected chi connectivity index (χ3v) is 5.36. The van der Waals surface area contributed by atoms with Crippen LogP contribution in [0.25, 0.3) is 0 Å². The van der Waals surface area contributed by atoms with Crippen molar-refractivity contribution in [2.45, 2.75) is 25.9 Å². The van der Waals surface area contributed by atoms with Crippen molar-refractivity contribution in [3.05, 3.63) is 64.7 Å². The molecular formula is C22H25N3O5. The van der Waals surface area contributed by atoms with Gasteiger partial charge in [0.15, 0.2) is 6.10 Å². The number of rotatable bonds is 6. The number of nitro groups is 1. The Hall–Kier alpha value is -3.42. The van der Waals surface area contributed by atoms with Crippen LogP contribution in [0.15, 0.2) is 54.6 Å². The highest BCUT2D eigenvalue weighted by Crippen LogP contribution is 2.31. The summed E-state index contributed by atoms with van der Waals surface area (Å²) < 4.78 is 5.44. The molecule has 1 fully saturated rings. The number of ether oxygens (including phenoxy) is 1. The van der Waals surface area contributed by atoms with Crippen LogP contribution in [0.4, 0.5) is 17.1 Å². The highest BCUT2D eigenvalue weighted by atomic mass is 16.6. The van der Waals surface area contributed by atoms with E-state index >= 15 is 0 Å². The largest absolute Gasteiger partial charge is 0.452 e. The number of likely N-dealkylation sites (N-methyl/N-ethyl adjacent to an activating group) is 1. The number of nitrogens with zero attached hydrogens (tertiary/aromatic N) is 3. The molecule has 8 heteroatoms. The van der Waals surface area contributed by atoms with Gasteiger partial charge in [-0.3, -0.25) is 19.7 Å². The van der Waals surface area contributed by atoms with Gasteiger partial charge in [0.1, 0.15) is 5.69 Å². The van der Waals surface area contributed by atoms with E-state index in [9.17, 15) is 19.7 Å². The maximum atomic E-state index is 12.6. The highest BCUT2D eigenvalue weighted by molar-refractivity contribution is 5.96. The molecule has 0 spiro atoms. The number of para-hydroxylation sites is 3. The molecule has 2 aromatic carbocycles. The first-order valence-corrected chi connectivity index (χ1v) is 9.90. The quantitative estimate of drug-likeness (QED) is 0.411. The van der Waals surface area contributed by atoms with Gasteiger partial charge in [-0.1, -0.05) is 30.3 Å². The zero-order chi connectivity index (χ0) is 21.7. The van der Waals surface area contributed by atoms with Crippen LogP contribution in [0.2, 0.25) is 0 Å². The molecule has 0 bridgehead atoms. The minimum atomic E-state index is -0.893. The van der Waals surface area contributed by atoms with Gasteiger partial charge in [0, 0.05) is 31.9 Å². The lowest BCUT2D eigenvalue weighted by Crippen LogP contribution is -2.41. The molecule has 0 aromatic heterocycles. The Labute approximate surface area is 175 Å². The molecule has 8 nitrogen and oxygen atoms in total. The van der Waals surface area contributed by atoms with Crippen molar-refractivity contribution >= 4 is 28.9 Å². The number of anilines is 2. The molecule has 158 valence electrons. The number of hydrogen-bond donors (Lipinski definition) is 0. The van der Waals surface area contributed by atoms with Gasteiger partial charge >= 0.3 is 5.97 Å². The summed E-state index contributed by atoms with van der Waals surface area (Å²) in [5, 5.41) is 11.2. The van der Waals surface area contributed by atoms with Crippen molar-refractivity contribution in [1.82, 2.24) is 0 Å². The molecule has 0 radical (unpaired) electrons. The van der Waals surface area contributed by atoms with Crippen molar-refractivity contribution in [3.8, 4) is 0 Å². The van der Waals surface area contributed by atoms with Crippen molar-refractivity contribution in [2.75, 3.05) is 29.9 Å². The molecule has 0 saturated carbocycles. The third kappa shape index (κ3) is 4.76. The topological polar surface area (TPSA) is 93.0 Å². The number of nitro benzene ring substituents is 1. The van der Waals surface area contributed by atoms with Gasteiger partial charge in [0.05, 0.1) is 10.8 Å². The van der Waals surface area contributed by atoms with Crippen molar-refractivity contribution < 1.29 is 19.2 Å². The number of hydrogen-bond acceptors (Lipinski definition) is 6. The SMILES string of the molecule is CC(OC(=O)C1CCN(c2ccccc2[N+](=O)[O-])CC1)C(=O)N(C)c1ccccc1. The van der Waals surface area contributed by atoms with Crippen LogP contribution < -0.4 is 9.80 Å². The van der Waals surface area contributed by atoms with E-state index in [1.54, 1.807) is 32.2 Å². The first-order valence-electron chi connectivity index (χ1n) is 9.90. The maximum Gasteiger partial charge on any atom is 0.309 e. The lowest BCUT2D eigenvalue weighted by atomic mass is 9.96. The summed E-state index contributed by atoms with van der Waals surface area (Å²) in [5.41, 5.74) is 1.34. The second-order valence-corrected chi connectivity index (χ2v) is 7.32. The summed E-state index contributed by atoms with van der Waals surface area (Å²) in [7, 11) is 1.65. The van der Waals surface area contributed by atoms with Crippen molar-refractivity contribution in [3.63, 3.8) is 0 Å². The lowest BCUT2D eigenvalue weighted by Gasteiger charge is -2.32. The number of esters is 1. The molecule has 1 aliphatic rings. The summed E-state index contributed by atoms with van der Waals surface area (Å²) in [4.78, 5) is 39.4. The minimum absolute atomic E-state index is 0.0571. The van der Waals surface area contributed by atoms with E-state index in [0.717, 1.165) is 5.69 Å². The number of carbonyl (C=O) groups excluding carboxylic acids is 2. The molecule has 1 atom stereocenters. The van der Waals surface area contributed by atoms with Crippen LogP contribution in [0.1, 0.15) is 19.8 Å². The number of piperidine rings is 1. The number of amides is 1. The van der Waals surface area contributed by atoms with E-state index in [4.69, 9.17) is 4.74 Å². The smallest absolute Gasteiger partial charge is 0.309 e. The molecule has 3 rings (SSSR count). The molecule has 1 amide bonds. The summed E-state index contributed by atoms with van der Waals surface area (Å²) in [6.07, 6.45) is 0.136. The monoisotopic (exact) mass is 411 g/mol. The predicted molar refractivity (Wildman–Crippen MR) is 113 cm³/mol. The normalized spacial score (nSPS) is 15.3. The van der Waals surface area contributed by atoms with Crippen LogP contribution >= 0.6 is 0 Å². The number of carbonyl (C=O) groups is 2. The Bertz CT molecular complexity index is 910. The molecule has 2 aromatic rings. The molecular weight excluding hydrogens is 386 g/mol. The van der Waals surface area contributed by atoms with E-state index in [-0.39, 0.29) is 17.5 Å². The zero-order valence-electron chi connectivity index (χ0n) is 17.1. The van der Waals surface area contributed by atoms with Crippen LogP contribution in [0, 0.1) is 16.0 Å². The van der Waals surface area contributed by atoms with Gasteiger partial charge in [-0.15, -0.1) is 0 Å². The molecule has 0 aliphatic carbocycles. The Kier molecular flexibility index (Phi) is 6.66. The van der Waals surface area contributed by atoms with Gasteiger partial charge in [-0.05, 0) is 38.0 Å². The molecule has 0 N–H and O–H groups in total. The zero-order valence-corrected chi connectivity index (χ0v) is 17.1. The van der Waals surface area contributed by atoms with Gasteiger partial charge in [-0.2, -0.15) is 0 Å². The van der Waals surface area contributed by atoms with Gasteiger partial charge in [0.2, 0.25) is 0 Å². The predicted octanol–water partition coefficient (Wildman–Crippen LogP) is 3.41. The van der Waals surface area contributed by atoms with E-state index in [1.807, 2.05) is 35.2 Å². The molecule has 1 aliphatic heterocycles. The number of benzene rings is 2. The van der Waals surface area contributed by atoms with Crippen LogP contribution in [0.3, 0.4) is 0 Å². The summed E-state index contributed by atoms with van der Waals surface area (Å²) >= 11 is 0. The van der Waals surface area contributed by atoms with E-state index in [0.29, 0.717) is 31.6 Å². The summed E-state index contributed by atoms with van der Waals surface area (Å²) in [6, 6.07) is 15.7. The van der Waals surface area contributed by atoms with E-state index < -0.39 is 17.0 Å². The summed E-state index contributed by atoms with van der Waals surface area (Å²) in [6.45, 7) is 2.59. The molecule has 30 heavy (non-hydrogen) atoms. The second-order valence-electron chi connectivity index (χ2n) is 7.32. The van der Waals surface area contributed by atoms with Gasteiger partial charge < -0.3 is 14.5 Å². The van der Waals surface area contributed by atoms with Crippen LogP contribution in [-0.4, -0.2) is 43.0 Å². The van der Waals surface area contributed by atoms with Gasteiger partial charge in [-0.25, -0.2) is 0 Å². The van der Waals surface area contributed by atoms with Crippen LogP contribution in [-0.2, 0) is 14.3 Å². The average Bonchev–Trinajstić information content (AvgIpc) is 2.78. The first kappa shape index (κ1) is 21.3.